The van der Waals surface area contributed by atoms with E-state index < -0.39 is 0 Å². The number of benzene rings is 4. The van der Waals surface area contributed by atoms with Crippen molar-refractivity contribution in [2.24, 2.45) is 0 Å². The number of aromatic nitrogens is 2. The maximum atomic E-state index is 13.9. The fourth-order valence-corrected chi connectivity index (χ4v) is 8.81. The monoisotopic (exact) mass is 712 g/mol. The normalized spacial score (nSPS) is 16.8. The number of carbonyl (C=O) groups excluding carboxylic acids is 4. The summed E-state index contributed by atoms with van der Waals surface area (Å²) in [5.41, 5.74) is 6.78. The molecule has 10 heteroatoms. The van der Waals surface area contributed by atoms with Gasteiger partial charge < -0.3 is 9.80 Å². The molecular weight excluding hydrogens is 677 g/mol. The highest BCUT2D eigenvalue weighted by Crippen LogP contribution is 2.39. The van der Waals surface area contributed by atoms with Crippen molar-refractivity contribution in [1.29, 1.82) is 0 Å². The Bertz CT molecular complexity index is 2370. The molecule has 4 aliphatic rings. The first-order chi connectivity index (χ1) is 26.4. The van der Waals surface area contributed by atoms with Crippen LogP contribution in [0.25, 0.3) is 32.9 Å². The Morgan fingerprint density at radius 3 is 1.26 bits per heavy atom. The Labute approximate surface area is 311 Å². The van der Waals surface area contributed by atoms with Crippen LogP contribution in [-0.4, -0.2) is 69.6 Å². The van der Waals surface area contributed by atoms with Crippen molar-refractivity contribution < 1.29 is 19.2 Å². The van der Waals surface area contributed by atoms with Gasteiger partial charge in [-0.15, -0.1) is 0 Å². The second-order valence-electron chi connectivity index (χ2n) is 14.6. The largest absolute Gasteiger partial charge is 0.371 e. The number of imide groups is 2. The molecule has 54 heavy (non-hydrogen) atoms. The lowest BCUT2D eigenvalue weighted by molar-refractivity contribution is 0.0583. The van der Waals surface area contributed by atoms with Gasteiger partial charge in [-0.2, -0.15) is 0 Å². The maximum Gasteiger partial charge on any atom is 0.261 e. The molecule has 10 nitrogen and oxygen atoms in total. The average molecular weight is 713 g/mol. The summed E-state index contributed by atoms with van der Waals surface area (Å²) in [7, 11) is 0. The summed E-state index contributed by atoms with van der Waals surface area (Å²) in [5, 5.41) is 3.32. The molecular formula is C44H36N6O4. The minimum atomic E-state index is -0.324. The predicted octanol–water partition coefficient (Wildman–Crippen LogP) is 7.24. The third kappa shape index (κ3) is 5.08. The Balaban J connectivity index is 0.908. The van der Waals surface area contributed by atoms with Crippen molar-refractivity contribution in [3.05, 3.63) is 131 Å². The highest BCUT2D eigenvalue weighted by Gasteiger charge is 2.36. The third-order valence-corrected chi connectivity index (χ3v) is 11.4. The van der Waals surface area contributed by atoms with Gasteiger partial charge in [0.2, 0.25) is 0 Å². The number of carbonyl (C=O) groups is 4. The zero-order chi connectivity index (χ0) is 36.5. The first kappa shape index (κ1) is 32.2. The van der Waals surface area contributed by atoms with E-state index in [9.17, 15) is 19.2 Å². The maximum absolute atomic E-state index is 13.9. The van der Waals surface area contributed by atoms with Gasteiger partial charge in [-0.25, -0.2) is 0 Å². The molecule has 0 N–H and O–H groups in total. The van der Waals surface area contributed by atoms with Crippen LogP contribution in [0.4, 0.5) is 11.4 Å². The lowest BCUT2D eigenvalue weighted by atomic mass is 9.92. The average Bonchev–Trinajstić information content (AvgIpc) is 3.95. The van der Waals surface area contributed by atoms with E-state index in [0.29, 0.717) is 33.6 Å². The van der Waals surface area contributed by atoms with E-state index in [4.69, 9.17) is 0 Å². The highest BCUT2D eigenvalue weighted by molar-refractivity contribution is 6.28. The van der Waals surface area contributed by atoms with Crippen molar-refractivity contribution in [2.45, 2.75) is 38.8 Å². The first-order valence-electron chi connectivity index (χ1n) is 18.7. The molecule has 4 aromatic carbocycles. The van der Waals surface area contributed by atoms with Crippen LogP contribution in [0.5, 0.6) is 0 Å². The number of hydrogen-bond acceptors (Lipinski definition) is 8. The van der Waals surface area contributed by atoms with Crippen molar-refractivity contribution in [3.8, 4) is 11.4 Å². The third-order valence-electron chi connectivity index (χ3n) is 11.4. The Hall–Kier alpha value is -6.42. The number of nitrogens with zero attached hydrogens (tertiary/aromatic N) is 6. The number of rotatable bonds is 7. The Morgan fingerprint density at radius 1 is 0.463 bits per heavy atom. The molecule has 0 aliphatic carbocycles. The molecule has 0 atom stereocenters. The number of anilines is 2. The van der Waals surface area contributed by atoms with Gasteiger partial charge in [-0.1, -0.05) is 24.3 Å². The zero-order valence-electron chi connectivity index (χ0n) is 29.6. The van der Waals surface area contributed by atoms with Gasteiger partial charge in [0.1, 0.15) is 0 Å². The predicted molar refractivity (Wildman–Crippen MR) is 207 cm³/mol. The van der Waals surface area contributed by atoms with Crippen LogP contribution in [0, 0.1) is 0 Å². The topological polar surface area (TPSA) is 107 Å². The summed E-state index contributed by atoms with van der Waals surface area (Å²) in [6, 6.07) is 26.4. The summed E-state index contributed by atoms with van der Waals surface area (Å²) >= 11 is 0. The van der Waals surface area contributed by atoms with E-state index in [-0.39, 0.29) is 36.7 Å². The van der Waals surface area contributed by atoms with E-state index in [0.717, 1.165) is 95.9 Å². The van der Waals surface area contributed by atoms with Crippen LogP contribution in [0.3, 0.4) is 0 Å². The summed E-state index contributed by atoms with van der Waals surface area (Å²) in [4.78, 5) is 72.0. The van der Waals surface area contributed by atoms with Crippen molar-refractivity contribution in [2.75, 3.05) is 36.0 Å². The van der Waals surface area contributed by atoms with Gasteiger partial charge in [0.05, 0.1) is 24.5 Å². The molecule has 10 rings (SSSR count). The zero-order valence-corrected chi connectivity index (χ0v) is 29.6. The number of amides is 4. The molecule has 0 radical (unpaired) electrons. The molecule has 2 saturated heterocycles. The molecule has 2 fully saturated rings. The molecule has 0 spiro atoms. The van der Waals surface area contributed by atoms with Crippen LogP contribution in [0.2, 0.25) is 0 Å². The van der Waals surface area contributed by atoms with Crippen molar-refractivity contribution in [1.82, 2.24) is 19.8 Å². The molecule has 4 amide bonds. The minimum absolute atomic E-state index is 0.0673. The molecule has 2 aromatic heterocycles. The minimum Gasteiger partial charge on any atom is -0.371 e. The van der Waals surface area contributed by atoms with E-state index in [1.54, 1.807) is 36.7 Å². The smallest absolute Gasteiger partial charge is 0.261 e. The molecule has 6 aromatic rings. The SMILES string of the molecule is O=C1c2cccc3c(N4CCCC4)ccc(c23)C(=O)N1Cc1ccnc(-c2cc(CN3C(=O)c4cccc5c(N6CCCC6)ccc(c45)C3=O)ccn2)c1. The summed E-state index contributed by atoms with van der Waals surface area (Å²) in [5.74, 6) is -1.29. The number of hydrogen-bond donors (Lipinski definition) is 0. The van der Waals surface area contributed by atoms with Gasteiger partial charge >= 0.3 is 0 Å². The van der Waals surface area contributed by atoms with Crippen molar-refractivity contribution >= 4 is 56.5 Å². The van der Waals surface area contributed by atoms with E-state index >= 15 is 0 Å². The molecule has 266 valence electrons. The Kier molecular flexibility index (Phi) is 7.53. The second kappa shape index (κ2) is 12.6. The quantitative estimate of drug-likeness (QED) is 0.160. The van der Waals surface area contributed by atoms with E-state index in [1.807, 2.05) is 60.7 Å². The fraction of sp³-hybridized carbons (Fsp3) is 0.227. The van der Waals surface area contributed by atoms with Gasteiger partial charge in [-0.05, 0) is 97.5 Å². The molecule has 0 saturated carbocycles. The van der Waals surface area contributed by atoms with Gasteiger partial charge in [0, 0.05) is 93.7 Å². The Morgan fingerprint density at radius 2 is 0.852 bits per heavy atom. The lowest BCUT2D eigenvalue weighted by Crippen LogP contribution is -2.40. The van der Waals surface area contributed by atoms with Crippen LogP contribution in [-0.2, 0) is 13.1 Å². The molecule has 4 aliphatic heterocycles. The van der Waals surface area contributed by atoms with Gasteiger partial charge in [0.25, 0.3) is 23.6 Å². The van der Waals surface area contributed by atoms with E-state index in [1.165, 1.54) is 9.80 Å². The number of pyridine rings is 2. The van der Waals surface area contributed by atoms with Crippen LogP contribution in [0.1, 0.15) is 78.2 Å². The standard InChI is InChI=1S/C44H36N6O4/c51-41-31-9-5-7-29-37(47-19-1-2-20-47)13-11-33(39(29)31)43(53)49(41)25-27-15-17-45-35(23-27)36-24-28(16-18-46-36)26-50-42(52)32-10-6-8-30-38(48-21-3-4-22-48)14-12-34(40(30)32)44(50)54/h5-18,23-24H,1-4,19-22,25-26H2. The molecule has 0 bridgehead atoms. The van der Waals surface area contributed by atoms with Crippen LogP contribution >= 0.6 is 0 Å². The van der Waals surface area contributed by atoms with Crippen molar-refractivity contribution in [3.63, 3.8) is 0 Å². The first-order valence-corrected chi connectivity index (χ1v) is 18.7. The van der Waals surface area contributed by atoms with Gasteiger partial charge in [0.15, 0.2) is 0 Å². The van der Waals surface area contributed by atoms with Crippen LogP contribution in [0.15, 0.2) is 97.3 Å². The van der Waals surface area contributed by atoms with E-state index in [2.05, 4.69) is 19.8 Å². The molecule has 0 unspecified atom stereocenters. The lowest BCUT2D eigenvalue weighted by Gasteiger charge is -2.29. The summed E-state index contributed by atoms with van der Waals surface area (Å²) < 4.78 is 0. The summed E-state index contributed by atoms with van der Waals surface area (Å²) in [6.45, 7) is 4.00. The summed E-state index contributed by atoms with van der Waals surface area (Å²) in [6.07, 6.45) is 7.80. The van der Waals surface area contributed by atoms with Gasteiger partial charge in [-0.3, -0.25) is 38.9 Å². The molecule has 6 heterocycles. The highest BCUT2D eigenvalue weighted by atomic mass is 16.2. The van der Waals surface area contributed by atoms with Crippen LogP contribution < -0.4 is 9.80 Å². The second-order valence-corrected chi connectivity index (χ2v) is 14.6. The fourth-order valence-electron chi connectivity index (χ4n) is 8.81.